The lowest BCUT2D eigenvalue weighted by atomic mass is 10.1. The fourth-order valence-corrected chi connectivity index (χ4v) is 3.35. The number of nitrogens with zero attached hydrogens (tertiary/aromatic N) is 1. The molecule has 1 aliphatic heterocycles. The number of nitrogens with one attached hydrogen (secondary N) is 1. The molecule has 6 heteroatoms. The first-order chi connectivity index (χ1) is 13.1. The standard InChI is InChI=1S/C21H20Cl2N2O2/c22-17-11-9-16(10-12-17)20(26)24-19(18(23)15-7-3-1-4-8-15)21(27)25-13-5-2-6-14-25/h1,3-4,7-12H,2,5-6,13-14H2,(H,24,26)/b19-18-. The van der Waals surface area contributed by atoms with Crippen LogP contribution in [0.1, 0.15) is 35.2 Å². The van der Waals surface area contributed by atoms with Crippen LogP contribution in [0.15, 0.2) is 60.3 Å². The highest BCUT2D eigenvalue weighted by atomic mass is 35.5. The fraction of sp³-hybridized carbons (Fsp3) is 0.238. The minimum atomic E-state index is -0.402. The van der Waals surface area contributed by atoms with Gasteiger partial charge in [-0.2, -0.15) is 0 Å². The van der Waals surface area contributed by atoms with Gasteiger partial charge in [-0.05, 0) is 49.1 Å². The van der Waals surface area contributed by atoms with Gasteiger partial charge in [0, 0.05) is 23.7 Å². The largest absolute Gasteiger partial charge is 0.337 e. The molecule has 2 amide bonds. The van der Waals surface area contributed by atoms with Gasteiger partial charge in [0.2, 0.25) is 0 Å². The minimum Gasteiger partial charge on any atom is -0.337 e. The van der Waals surface area contributed by atoms with E-state index in [2.05, 4.69) is 5.32 Å². The van der Waals surface area contributed by atoms with Crippen LogP contribution in [-0.4, -0.2) is 29.8 Å². The molecule has 27 heavy (non-hydrogen) atoms. The molecule has 4 nitrogen and oxygen atoms in total. The molecule has 1 N–H and O–H groups in total. The number of likely N-dealkylation sites (tertiary alicyclic amines) is 1. The van der Waals surface area contributed by atoms with Crippen molar-refractivity contribution in [2.24, 2.45) is 0 Å². The SMILES string of the molecule is O=C(N/C(C(=O)N1CCCCC1)=C(\Cl)c1ccccc1)c1ccc(Cl)cc1. The Labute approximate surface area is 168 Å². The smallest absolute Gasteiger partial charge is 0.271 e. The first-order valence-electron chi connectivity index (χ1n) is 8.87. The van der Waals surface area contributed by atoms with Crippen LogP contribution in [0.4, 0.5) is 0 Å². The molecule has 0 aliphatic carbocycles. The van der Waals surface area contributed by atoms with Crippen molar-refractivity contribution in [3.05, 3.63) is 76.4 Å². The van der Waals surface area contributed by atoms with Crippen LogP contribution >= 0.6 is 23.2 Å². The molecule has 1 saturated heterocycles. The Morgan fingerprint density at radius 3 is 2.11 bits per heavy atom. The zero-order valence-electron chi connectivity index (χ0n) is 14.8. The number of hydrogen-bond acceptors (Lipinski definition) is 2. The fourth-order valence-electron chi connectivity index (χ4n) is 2.97. The first kappa shape index (κ1) is 19.5. The van der Waals surface area contributed by atoms with Crippen LogP contribution in [0.3, 0.4) is 0 Å². The van der Waals surface area contributed by atoms with E-state index in [-0.39, 0.29) is 16.6 Å². The van der Waals surface area contributed by atoms with Gasteiger partial charge in [-0.15, -0.1) is 0 Å². The summed E-state index contributed by atoms with van der Waals surface area (Å²) in [6.07, 6.45) is 3.01. The molecule has 0 unspecified atom stereocenters. The van der Waals surface area contributed by atoms with Gasteiger partial charge >= 0.3 is 0 Å². The van der Waals surface area contributed by atoms with Gasteiger partial charge in [-0.3, -0.25) is 9.59 Å². The van der Waals surface area contributed by atoms with Crippen molar-refractivity contribution in [1.82, 2.24) is 10.2 Å². The number of carbonyl (C=O) groups excluding carboxylic acids is 2. The van der Waals surface area contributed by atoms with E-state index in [1.54, 1.807) is 41.3 Å². The van der Waals surface area contributed by atoms with Crippen LogP contribution in [0.25, 0.3) is 5.03 Å². The van der Waals surface area contributed by atoms with E-state index in [1.807, 2.05) is 18.2 Å². The Kier molecular flexibility index (Phi) is 6.54. The third-order valence-electron chi connectivity index (χ3n) is 4.45. The molecule has 2 aromatic rings. The minimum absolute atomic E-state index is 0.102. The van der Waals surface area contributed by atoms with E-state index in [9.17, 15) is 9.59 Å². The molecule has 3 rings (SSSR count). The molecule has 2 aromatic carbocycles. The summed E-state index contributed by atoms with van der Waals surface area (Å²) in [5.74, 6) is -0.660. The molecule has 1 aliphatic rings. The third kappa shape index (κ3) is 4.90. The Morgan fingerprint density at radius 2 is 1.48 bits per heavy atom. The number of piperidine rings is 1. The zero-order valence-corrected chi connectivity index (χ0v) is 16.3. The average Bonchev–Trinajstić information content (AvgIpc) is 2.72. The van der Waals surface area contributed by atoms with Gasteiger partial charge < -0.3 is 10.2 Å². The van der Waals surface area contributed by atoms with Crippen molar-refractivity contribution in [3.8, 4) is 0 Å². The second-order valence-electron chi connectivity index (χ2n) is 6.37. The normalized spacial score (nSPS) is 15.1. The lowest BCUT2D eigenvalue weighted by Gasteiger charge is -2.28. The van der Waals surface area contributed by atoms with E-state index in [0.29, 0.717) is 29.2 Å². The van der Waals surface area contributed by atoms with Gasteiger partial charge in [0.05, 0.1) is 5.03 Å². The summed E-state index contributed by atoms with van der Waals surface area (Å²) in [4.78, 5) is 27.5. The van der Waals surface area contributed by atoms with Crippen molar-refractivity contribution in [2.75, 3.05) is 13.1 Å². The molecule has 0 radical (unpaired) electrons. The van der Waals surface area contributed by atoms with Crippen molar-refractivity contribution in [2.45, 2.75) is 19.3 Å². The second kappa shape index (κ2) is 9.07. The van der Waals surface area contributed by atoms with Crippen LogP contribution in [0.2, 0.25) is 5.02 Å². The van der Waals surface area contributed by atoms with Gasteiger partial charge in [-0.1, -0.05) is 53.5 Å². The van der Waals surface area contributed by atoms with Crippen LogP contribution in [0, 0.1) is 0 Å². The second-order valence-corrected chi connectivity index (χ2v) is 7.18. The summed E-state index contributed by atoms with van der Waals surface area (Å²) in [5, 5.41) is 3.49. The quantitative estimate of drug-likeness (QED) is 0.753. The number of amides is 2. The predicted molar refractivity (Wildman–Crippen MR) is 109 cm³/mol. The highest BCUT2D eigenvalue weighted by Gasteiger charge is 2.25. The van der Waals surface area contributed by atoms with Gasteiger partial charge in [0.1, 0.15) is 5.70 Å². The zero-order chi connectivity index (χ0) is 19.2. The number of hydrogen-bond donors (Lipinski definition) is 1. The van der Waals surface area contributed by atoms with Crippen LogP contribution in [-0.2, 0) is 4.79 Å². The van der Waals surface area contributed by atoms with Crippen molar-refractivity contribution >= 4 is 40.0 Å². The summed E-state index contributed by atoms with van der Waals surface area (Å²) in [7, 11) is 0. The Bertz CT molecular complexity index is 842. The lowest BCUT2D eigenvalue weighted by Crippen LogP contribution is -2.41. The lowest BCUT2D eigenvalue weighted by molar-refractivity contribution is -0.128. The average molecular weight is 403 g/mol. The molecule has 0 atom stereocenters. The van der Waals surface area contributed by atoms with Gasteiger partial charge in [0.25, 0.3) is 11.8 Å². The Balaban J connectivity index is 1.93. The maximum absolute atomic E-state index is 13.1. The predicted octanol–water partition coefficient (Wildman–Crippen LogP) is 4.69. The maximum atomic E-state index is 13.1. The highest BCUT2D eigenvalue weighted by Crippen LogP contribution is 2.24. The molecular formula is C21H20Cl2N2O2. The maximum Gasteiger partial charge on any atom is 0.271 e. The highest BCUT2D eigenvalue weighted by molar-refractivity contribution is 6.51. The number of benzene rings is 2. The van der Waals surface area contributed by atoms with E-state index < -0.39 is 5.91 Å². The Hall–Kier alpha value is -2.30. The van der Waals surface area contributed by atoms with Crippen molar-refractivity contribution < 1.29 is 9.59 Å². The van der Waals surface area contributed by atoms with Gasteiger partial charge in [0.15, 0.2) is 0 Å². The monoisotopic (exact) mass is 402 g/mol. The molecule has 140 valence electrons. The van der Waals surface area contributed by atoms with Crippen molar-refractivity contribution in [1.29, 1.82) is 0 Å². The molecular weight excluding hydrogens is 383 g/mol. The van der Waals surface area contributed by atoms with E-state index in [1.165, 1.54) is 0 Å². The van der Waals surface area contributed by atoms with E-state index in [0.717, 1.165) is 19.3 Å². The van der Waals surface area contributed by atoms with Crippen LogP contribution in [0.5, 0.6) is 0 Å². The summed E-state index contributed by atoms with van der Waals surface area (Å²) >= 11 is 12.4. The third-order valence-corrected chi connectivity index (χ3v) is 5.11. The molecule has 1 heterocycles. The van der Waals surface area contributed by atoms with Crippen molar-refractivity contribution in [3.63, 3.8) is 0 Å². The van der Waals surface area contributed by atoms with Crippen LogP contribution < -0.4 is 5.32 Å². The van der Waals surface area contributed by atoms with E-state index >= 15 is 0 Å². The molecule has 0 saturated carbocycles. The molecule has 0 bridgehead atoms. The number of rotatable bonds is 4. The molecule has 0 spiro atoms. The molecule has 0 aromatic heterocycles. The first-order valence-corrected chi connectivity index (χ1v) is 9.63. The Morgan fingerprint density at radius 1 is 0.852 bits per heavy atom. The summed E-state index contributed by atoms with van der Waals surface area (Å²) in [5.41, 5.74) is 1.18. The molecule has 1 fully saturated rings. The summed E-state index contributed by atoms with van der Waals surface area (Å²) < 4.78 is 0. The summed E-state index contributed by atoms with van der Waals surface area (Å²) in [6, 6.07) is 15.6. The van der Waals surface area contributed by atoms with Gasteiger partial charge in [-0.25, -0.2) is 0 Å². The summed E-state index contributed by atoms with van der Waals surface area (Å²) in [6.45, 7) is 1.33. The number of carbonyl (C=O) groups is 2. The topological polar surface area (TPSA) is 49.4 Å². The van der Waals surface area contributed by atoms with E-state index in [4.69, 9.17) is 23.2 Å². The number of halogens is 2.